The molecule has 2 aromatic carbocycles. The summed E-state index contributed by atoms with van der Waals surface area (Å²) in [6.07, 6.45) is 0.577. The van der Waals surface area contributed by atoms with Gasteiger partial charge in [0.25, 0.3) is 0 Å². The summed E-state index contributed by atoms with van der Waals surface area (Å²) in [6.45, 7) is 0.548. The van der Waals surface area contributed by atoms with Gasteiger partial charge in [-0.25, -0.2) is 8.42 Å². The predicted octanol–water partition coefficient (Wildman–Crippen LogP) is 2.27. The second-order valence-electron chi connectivity index (χ2n) is 7.44. The van der Waals surface area contributed by atoms with Crippen LogP contribution in [0.25, 0.3) is 0 Å². The zero-order valence-corrected chi connectivity index (χ0v) is 16.6. The minimum Gasteiger partial charge on any atom is -0.489 e. The number of rotatable bonds is 4. The van der Waals surface area contributed by atoms with Gasteiger partial charge in [0.05, 0.1) is 29.8 Å². The molecular formula is C21H24N2O4S. The van der Waals surface area contributed by atoms with E-state index >= 15 is 0 Å². The first-order valence-corrected chi connectivity index (χ1v) is 11.3. The average molecular weight is 401 g/mol. The van der Waals surface area contributed by atoms with E-state index < -0.39 is 9.84 Å². The number of hydrogen-bond acceptors (Lipinski definition) is 5. The van der Waals surface area contributed by atoms with Crippen LogP contribution in [0, 0.1) is 0 Å². The monoisotopic (exact) mass is 400 g/mol. The fourth-order valence-electron chi connectivity index (χ4n) is 3.96. The van der Waals surface area contributed by atoms with Gasteiger partial charge in [0.2, 0.25) is 5.91 Å². The molecule has 148 valence electrons. The Morgan fingerprint density at radius 1 is 1.14 bits per heavy atom. The summed E-state index contributed by atoms with van der Waals surface area (Å²) in [7, 11) is -1.16. The lowest BCUT2D eigenvalue weighted by Gasteiger charge is -2.38. The van der Waals surface area contributed by atoms with Crippen LogP contribution in [0.4, 0.5) is 5.69 Å². The van der Waals surface area contributed by atoms with E-state index in [9.17, 15) is 13.2 Å². The van der Waals surface area contributed by atoms with Gasteiger partial charge in [-0.1, -0.05) is 42.5 Å². The summed E-state index contributed by atoms with van der Waals surface area (Å²) in [5, 5.41) is 0. The van der Waals surface area contributed by atoms with Gasteiger partial charge in [-0.15, -0.1) is 0 Å². The third kappa shape index (κ3) is 3.77. The molecule has 2 aliphatic heterocycles. The fourth-order valence-corrected chi connectivity index (χ4v) is 5.76. The molecule has 0 aliphatic carbocycles. The minimum atomic E-state index is -2.99. The number of sulfone groups is 1. The zero-order valence-electron chi connectivity index (χ0n) is 15.8. The molecule has 0 saturated carbocycles. The van der Waals surface area contributed by atoms with Crippen molar-refractivity contribution in [1.82, 2.24) is 4.90 Å². The third-order valence-corrected chi connectivity index (χ3v) is 7.25. The molecule has 1 fully saturated rings. The second kappa shape index (κ2) is 7.56. The normalized spacial score (nSPS) is 23.3. The molecule has 0 radical (unpaired) electrons. The Kier molecular flexibility index (Phi) is 5.12. The van der Waals surface area contributed by atoms with Crippen LogP contribution in [-0.4, -0.2) is 57.0 Å². The van der Waals surface area contributed by atoms with Crippen LogP contribution in [0.1, 0.15) is 18.0 Å². The van der Waals surface area contributed by atoms with Gasteiger partial charge >= 0.3 is 0 Å². The van der Waals surface area contributed by atoms with Crippen molar-refractivity contribution in [2.75, 3.05) is 36.6 Å². The molecule has 0 spiro atoms. The molecule has 2 atom stereocenters. The standard InChI is InChI=1S/C21H24N2O4S/c1-22(17-11-12-28(25,26)15-17)13-21(24)23-18-9-5-6-10-20(18)27-14-19(23)16-7-3-2-4-8-16/h2-10,17,19H,11-15H2,1H3/t17-,19+/m0/s1. The summed E-state index contributed by atoms with van der Waals surface area (Å²) in [5.41, 5.74) is 1.76. The highest BCUT2D eigenvalue weighted by Gasteiger charge is 2.36. The van der Waals surface area contributed by atoms with E-state index in [0.717, 1.165) is 11.3 Å². The van der Waals surface area contributed by atoms with E-state index in [2.05, 4.69) is 0 Å². The smallest absolute Gasteiger partial charge is 0.241 e. The zero-order chi connectivity index (χ0) is 19.7. The number of fused-ring (bicyclic) bond motifs is 1. The largest absolute Gasteiger partial charge is 0.489 e. The van der Waals surface area contributed by atoms with Crippen LogP contribution >= 0.6 is 0 Å². The van der Waals surface area contributed by atoms with Crippen molar-refractivity contribution < 1.29 is 17.9 Å². The van der Waals surface area contributed by atoms with E-state index in [-0.39, 0.29) is 36.0 Å². The van der Waals surface area contributed by atoms with Gasteiger partial charge < -0.3 is 4.74 Å². The maximum absolute atomic E-state index is 13.4. The molecule has 1 amide bonds. The number of likely N-dealkylation sites (N-methyl/N-ethyl adjacent to an activating group) is 1. The molecule has 4 rings (SSSR count). The SMILES string of the molecule is CN(CC(=O)N1c2ccccc2OC[C@@H]1c1ccccc1)[C@H]1CCS(=O)(=O)C1. The number of hydrogen-bond donors (Lipinski definition) is 0. The van der Waals surface area contributed by atoms with Crippen LogP contribution in [-0.2, 0) is 14.6 Å². The van der Waals surface area contributed by atoms with Crippen LogP contribution in [0.3, 0.4) is 0 Å². The Hall–Kier alpha value is -2.38. The molecular weight excluding hydrogens is 376 g/mol. The fraction of sp³-hybridized carbons (Fsp3) is 0.381. The van der Waals surface area contributed by atoms with E-state index in [1.165, 1.54) is 0 Å². The average Bonchev–Trinajstić information content (AvgIpc) is 3.07. The molecule has 6 nitrogen and oxygen atoms in total. The van der Waals surface area contributed by atoms with Crippen LogP contribution in [0.5, 0.6) is 5.75 Å². The Labute approximate surface area is 165 Å². The lowest BCUT2D eigenvalue weighted by molar-refractivity contribution is -0.120. The van der Waals surface area contributed by atoms with Crippen molar-refractivity contribution >= 4 is 21.4 Å². The first kappa shape index (κ1) is 19.0. The van der Waals surface area contributed by atoms with Crippen LogP contribution in [0.2, 0.25) is 0 Å². The number of anilines is 1. The maximum Gasteiger partial charge on any atom is 0.241 e. The summed E-state index contributed by atoms with van der Waals surface area (Å²) < 4.78 is 29.5. The molecule has 28 heavy (non-hydrogen) atoms. The molecule has 0 N–H and O–H groups in total. The van der Waals surface area contributed by atoms with Crippen molar-refractivity contribution in [2.24, 2.45) is 0 Å². The Bertz CT molecular complexity index is 961. The highest BCUT2D eigenvalue weighted by atomic mass is 32.2. The predicted molar refractivity (Wildman–Crippen MR) is 108 cm³/mol. The van der Waals surface area contributed by atoms with Crippen molar-refractivity contribution in [3.05, 3.63) is 60.2 Å². The Balaban J connectivity index is 1.60. The molecule has 2 aromatic rings. The van der Waals surface area contributed by atoms with Gasteiger partial charge in [-0.05, 0) is 31.2 Å². The van der Waals surface area contributed by atoms with Gasteiger partial charge in [0.15, 0.2) is 9.84 Å². The van der Waals surface area contributed by atoms with Crippen LogP contribution < -0.4 is 9.64 Å². The highest BCUT2D eigenvalue weighted by molar-refractivity contribution is 7.91. The third-order valence-electron chi connectivity index (χ3n) is 5.50. The van der Waals surface area contributed by atoms with Gasteiger partial charge in [0.1, 0.15) is 12.4 Å². The number of nitrogens with zero attached hydrogens (tertiary/aromatic N) is 2. The molecule has 7 heteroatoms. The van der Waals surface area contributed by atoms with Gasteiger partial charge in [0, 0.05) is 6.04 Å². The summed E-state index contributed by atoms with van der Waals surface area (Å²) in [5.74, 6) is 0.951. The summed E-state index contributed by atoms with van der Waals surface area (Å²) in [4.78, 5) is 17.0. The molecule has 2 aliphatic rings. The second-order valence-corrected chi connectivity index (χ2v) is 9.67. The number of ether oxygens (including phenoxy) is 1. The number of para-hydroxylation sites is 2. The van der Waals surface area contributed by atoms with Crippen molar-refractivity contribution in [1.29, 1.82) is 0 Å². The highest BCUT2D eigenvalue weighted by Crippen LogP contribution is 2.39. The molecule has 1 saturated heterocycles. The van der Waals surface area contributed by atoms with Gasteiger partial charge in [-0.2, -0.15) is 0 Å². The minimum absolute atomic E-state index is 0.0589. The van der Waals surface area contributed by atoms with Crippen LogP contribution in [0.15, 0.2) is 54.6 Å². The Morgan fingerprint density at radius 3 is 2.57 bits per heavy atom. The number of carbonyl (C=O) groups is 1. The van der Waals surface area contributed by atoms with E-state index in [1.54, 1.807) is 4.90 Å². The lowest BCUT2D eigenvalue weighted by atomic mass is 10.0. The first-order chi connectivity index (χ1) is 13.4. The summed E-state index contributed by atoms with van der Waals surface area (Å²) in [6, 6.07) is 17.1. The van der Waals surface area contributed by atoms with Gasteiger partial charge in [-0.3, -0.25) is 14.6 Å². The number of carbonyl (C=O) groups excluding carboxylic acids is 1. The first-order valence-electron chi connectivity index (χ1n) is 9.44. The quantitative estimate of drug-likeness (QED) is 0.788. The molecule has 0 aromatic heterocycles. The summed E-state index contributed by atoms with van der Waals surface area (Å²) >= 11 is 0. The van der Waals surface area contributed by atoms with Crippen molar-refractivity contribution in [2.45, 2.75) is 18.5 Å². The number of benzene rings is 2. The van der Waals surface area contributed by atoms with E-state index in [0.29, 0.717) is 18.8 Å². The molecule has 0 unspecified atom stereocenters. The van der Waals surface area contributed by atoms with Crippen molar-refractivity contribution in [3.8, 4) is 5.75 Å². The Morgan fingerprint density at radius 2 is 1.86 bits per heavy atom. The van der Waals surface area contributed by atoms with E-state index in [4.69, 9.17) is 4.74 Å². The number of amides is 1. The van der Waals surface area contributed by atoms with Crippen molar-refractivity contribution in [3.63, 3.8) is 0 Å². The molecule has 2 heterocycles. The topological polar surface area (TPSA) is 66.9 Å². The lowest BCUT2D eigenvalue weighted by Crippen LogP contribution is -2.47. The molecule has 0 bridgehead atoms. The van der Waals surface area contributed by atoms with E-state index in [1.807, 2.05) is 66.5 Å². The maximum atomic E-state index is 13.4.